The van der Waals surface area contributed by atoms with E-state index < -0.39 is 0 Å². The molecule has 18 heavy (non-hydrogen) atoms. The number of rotatable bonds is 7. The second-order valence-electron chi connectivity index (χ2n) is 5.01. The molecule has 0 heterocycles. The van der Waals surface area contributed by atoms with Gasteiger partial charge in [0.1, 0.15) is 0 Å². The Morgan fingerprint density at radius 2 is 1.89 bits per heavy atom. The SMILES string of the molecule is CCNC(COC(C)CC)c1ccc(C)c(C)c1. The number of hydrogen-bond donors (Lipinski definition) is 1. The van der Waals surface area contributed by atoms with Crippen LogP contribution >= 0.6 is 0 Å². The summed E-state index contributed by atoms with van der Waals surface area (Å²) < 4.78 is 5.87. The zero-order valence-electron chi connectivity index (χ0n) is 12.4. The van der Waals surface area contributed by atoms with Crippen LogP contribution in [0.3, 0.4) is 0 Å². The number of aryl methyl sites for hydroxylation is 2. The highest BCUT2D eigenvalue weighted by atomic mass is 16.5. The van der Waals surface area contributed by atoms with Gasteiger partial charge in [0.2, 0.25) is 0 Å². The lowest BCUT2D eigenvalue weighted by Crippen LogP contribution is -2.27. The number of benzene rings is 1. The highest BCUT2D eigenvalue weighted by Gasteiger charge is 2.12. The van der Waals surface area contributed by atoms with Crippen LogP contribution in [0.4, 0.5) is 0 Å². The van der Waals surface area contributed by atoms with Gasteiger partial charge in [-0.1, -0.05) is 32.0 Å². The third-order valence-corrected chi connectivity index (χ3v) is 3.51. The monoisotopic (exact) mass is 249 g/mol. The Kier molecular flexibility index (Phi) is 6.37. The van der Waals surface area contributed by atoms with E-state index in [4.69, 9.17) is 4.74 Å². The Bertz CT molecular complexity index is 362. The Labute approximate surface area is 112 Å². The van der Waals surface area contributed by atoms with E-state index in [9.17, 15) is 0 Å². The molecule has 1 aromatic carbocycles. The molecule has 0 amide bonds. The maximum atomic E-state index is 5.87. The molecule has 2 nitrogen and oxygen atoms in total. The Hall–Kier alpha value is -0.860. The van der Waals surface area contributed by atoms with Crippen LogP contribution in [0, 0.1) is 13.8 Å². The maximum absolute atomic E-state index is 5.87. The van der Waals surface area contributed by atoms with E-state index in [1.807, 2.05) is 0 Å². The average Bonchev–Trinajstić information content (AvgIpc) is 2.37. The number of ether oxygens (including phenoxy) is 1. The minimum Gasteiger partial charge on any atom is -0.377 e. The van der Waals surface area contributed by atoms with Crippen LogP contribution < -0.4 is 5.32 Å². The Morgan fingerprint density at radius 3 is 2.44 bits per heavy atom. The summed E-state index contributed by atoms with van der Waals surface area (Å²) in [6.07, 6.45) is 1.39. The van der Waals surface area contributed by atoms with Gasteiger partial charge in [-0.05, 0) is 50.4 Å². The molecule has 0 aromatic heterocycles. The van der Waals surface area contributed by atoms with Crippen LogP contribution in [0.25, 0.3) is 0 Å². The summed E-state index contributed by atoms with van der Waals surface area (Å²) in [6, 6.07) is 6.96. The van der Waals surface area contributed by atoms with Crippen LogP contribution in [0.15, 0.2) is 18.2 Å². The lowest BCUT2D eigenvalue weighted by molar-refractivity contribution is 0.0476. The van der Waals surface area contributed by atoms with Gasteiger partial charge in [0.25, 0.3) is 0 Å². The predicted molar refractivity (Wildman–Crippen MR) is 78.0 cm³/mol. The van der Waals surface area contributed by atoms with Crippen molar-refractivity contribution >= 4 is 0 Å². The fraction of sp³-hybridized carbons (Fsp3) is 0.625. The first kappa shape index (κ1) is 15.2. The molecule has 1 N–H and O–H groups in total. The molecule has 0 fully saturated rings. The van der Waals surface area contributed by atoms with E-state index in [1.165, 1.54) is 16.7 Å². The largest absolute Gasteiger partial charge is 0.377 e. The zero-order valence-corrected chi connectivity index (χ0v) is 12.4. The summed E-state index contributed by atoms with van der Waals surface area (Å²) >= 11 is 0. The highest BCUT2D eigenvalue weighted by molar-refractivity contribution is 5.31. The Balaban J connectivity index is 2.73. The molecule has 0 aliphatic carbocycles. The predicted octanol–water partition coefficient (Wildman–Crippen LogP) is 3.77. The topological polar surface area (TPSA) is 21.3 Å². The molecule has 1 rings (SSSR count). The fourth-order valence-corrected chi connectivity index (χ4v) is 1.88. The molecule has 0 aliphatic heterocycles. The third kappa shape index (κ3) is 4.43. The average molecular weight is 249 g/mol. The first-order chi connectivity index (χ1) is 8.58. The van der Waals surface area contributed by atoms with Crippen molar-refractivity contribution in [1.29, 1.82) is 0 Å². The molecule has 2 heteroatoms. The van der Waals surface area contributed by atoms with Crippen molar-refractivity contribution in [1.82, 2.24) is 5.32 Å². The van der Waals surface area contributed by atoms with Crippen molar-refractivity contribution in [2.24, 2.45) is 0 Å². The molecule has 0 bridgehead atoms. The lowest BCUT2D eigenvalue weighted by atomic mass is 10.0. The summed E-state index contributed by atoms with van der Waals surface area (Å²) in [4.78, 5) is 0. The van der Waals surface area contributed by atoms with Crippen LogP contribution in [-0.4, -0.2) is 19.3 Å². The van der Waals surface area contributed by atoms with Crippen molar-refractivity contribution < 1.29 is 4.74 Å². The van der Waals surface area contributed by atoms with E-state index in [0.717, 1.165) is 19.6 Å². The van der Waals surface area contributed by atoms with Crippen molar-refractivity contribution in [2.45, 2.75) is 53.2 Å². The van der Waals surface area contributed by atoms with E-state index in [1.54, 1.807) is 0 Å². The molecule has 0 spiro atoms. The van der Waals surface area contributed by atoms with E-state index in [2.05, 4.69) is 58.1 Å². The molecule has 2 atom stereocenters. The molecule has 102 valence electrons. The van der Waals surface area contributed by atoms with Gasteiger partial charge in [0, 0.05) is 0 Å². The maximum Gasteiger partial charge on any atom is 0.0665 e. The number of hydrogen-bond acceptors (Lipinski definition) is 2. The van der Waals surface area contributed by atoms with Crippen LogP contribution in [0.2, 0.25) is 0 Å². The normalized spacial score (nSPS) is 14.5. The quantitative estimate of drug-likeness (QED) is 0.794. The van der Waals surface area contributed by atoms with Gasteiger partial charge in [-0.15, -0.1) is 0 Å². The van der Waals surface area contributed by atoms with E-state index in [-0.39, 0.29) is 0 Å². The second-order valence-corrected chi connectivity index (χ2v) is 5.01. The zero-order chi connectivity index (χ0) is 13.5. The van der Waals surface area contributed by atoms with Gasteiger partial charge in [0.05, 0.1) is 18.8 Å². The van der Waals surface area contributed by atoms with Gasteiger partial charge in [-0.3, -0.25) is 0 Å². The van der Waals surface area contributed by atoms with Gasteiger partial charge in [-0.2, -0.15) is 0 Å². The summed E-state index contributed by atoms with van der Waals surface area (Å²) in [7, 11) is 0. The Morgan fingerprint density at radius 1 is 1.17 bits per heavy atom. The smallest absolute Gasteiger partial charge is 0.0665 e. The highest BCUT2D eigenvalue weighted by Crippen LogP contribution is 2.18. The summed E-state index contributed by atoms with van der Waals surface area (Å²) in [5, 5.41) is 3.50. The minimum atomic E-state index is 0.295. The lowest BCUT2D eigenvalue weighted by Gasteiger charge is -2.21. The molecule has 0 saturated carbocycles. The fourth-order valence-electron chi connectivity index (χ4n) is 1.88. The van der Waals surface area contributed by atoms with Crippen LogP contribution in [-0.2, 0) is 4.74 Å². The molecule has 2 unspecified atom stereocenters. The van der Waals surface area contributed by atoms with Crippen molar-refractivity contribution in [2.75, 3.05) is 13.2 Å². The first-order valence-corrected chi connectivity index (χ1v) is 7.00. The van der Waals surface area contributed by atoms with Gasteiger partial charge in [0.15, 0.2) is 0 Å². The van der Waals surface area contributed by atoms with Crippen molar-refractivity contribution in [3.8, 4) is 0 Å². The summed E-state index contributed by atoms with van der Waals surface area (Å²) in [5.41, 5.74) is 4.01. The molecule has 0 aliphatic rings. The standard InChI is InChI=1S/C16H27NO/c1-6-14(5)18-11-16(17-7-2)15-9-8-12(3)13(4)10-15/h8-10,14,16-17H,6-7,11H2,1-5H3. The van der Waals surface area contributed by atoms with Crippen molar-refractivity contribution in [3.63, 3.8) is 0 Å². The second kappa shape index (κ2) is 7.55. The molecular formula is C16H27NO. The minimum absolute atomic E-state index is 0.295. The molecular weight excluding hydrogens is 222 g/mol. The summed E-state index contributed by atoms with van der Waals surface area (Å²) in [6.45, 7) is 12.4. The summed E-state index contributed by atoms with van der Waals surface area (Å²) in [5.74, 6) is 0. The molecule has 0 saturated heterocycles. The van der Waals surface area contributed by atoms with Crippen LogP contribution in [0.5, 0.6) is 0 Å². The van der Waals surface area contributed by atoms with Crippen LogP contribution in [0.1, 0.15) is 49.9 Å². The molecule has 0 radical (unpaired) electrons. The molecule has 1 aromatic rings. The van der Waals surface area contributed by atoms with E-state index >= 15 is 0 Å². The van der Waals surface area contributed by atoms with Crippen molar-refractivity contribution in [3.05, 3.63) is 34.9 Å². The van der Waals surface area contributed by atoms with Gasteiger partial charge in [-0.25, -0.2) is 0 Å². The third-order valence-electron chi connectivity index (χ3n) is 3.51. The van der Waals surface area contributed by atoms with Gasteiger partial charge < -0.3 is 10.1 Å². The van der Waals surface area contributed by atoms with E-state index in [0.29, 0.717) is 12.1 Å². The number of nitrogens with one attached hydrogen (secondary N) is 1. The van der Waals surface area contributed by atoms with Gasteiger partial charge >= 0.3 is 0 Å². The number of likely N-dealkylation sites (N-methyl/N-ethyl adjacent to an activating group) is 1. The first-order valence-electron chi connectivity index (χ1n) is 7.00.